The summed E-state index contributed by atoms with van der Waals surface area (Å²) in [6, 6.07) is 33.0. The number of imide groups is 1. The van der Waals surface area contributed by atoms with Crippen LogP contribution in [0.1, 0.15) is 85.5 Å². The summed E-state index contributed by atoms with van der Waals surface area (Å²) >= 11 is 0. The molecule has 1 aliphatic carbocycles. The highest BCUT2D eigenvalue weighted by Gasteiger charge is 2.75. The molecule has 5 aromatic rings. The van der Waals surface area contributed by atoms with Crippen molar-refractivity contribution in [1.82, 2.24) is 10.2 Å². The first-order chi connectivity index (χ1) is 36.5. The van der Waals surface area contributed by atoms with Crippen molar-refractivity contribution >= 4 is 46.8 Å². The number of fused-ring (bicyclic) bond motifs is 3. The molecule has 1 spiro atoms. The number of esters is 2. The van der Waals surface area contributed by atoms with Crippen LogP contribution in [0.15, 0.2) is 139 Å². The normalized spacial score (nSPS) is 23.5. The average Bonchev–Trinajstić information content (AvgIpc) is 3.94. The van der Waals surface area contributed by atoms with Gasteiger partial charge in [0, 0.05) is 30.0 Å². The zero-order valence-electron chi connectivity index (χ0n) is 42.3. The number of nitrogens with zero attached hydrogens (tertiary/aromatic N) is 3. The summed E-state index contributed by atoms with van der Waals surface area (Å²) in [6.07, 6.45) is 5.01. The van der Waals surface area contributed by atoms with E-state index in [1.165, 1.54) is 7.11 Å². The number of ether oxygens (including phenoxy) is 4. The standard InChI is InChI=1S/C60H61N5O10/c1-38(2)50(56(68)72-3)62-59(71)64-48-30-21-40(20-19-39-13-7-4-8-14-39)37-47(48)60(58(64)70)49(55(67)61-44-24-26-45(27-25-44)63-31-34-73-35-32-63)52-57(69)75-53(42-17-11-6-12-18-42)51(41-15-9-5-10-16-41)65(52)54(60)43-22-28-46(29-23-43)74-36-33-66/h5-6,9-13,15-18,21-30,37-38,49-54,66H,4,7-8,14,31-36H2,1-3H3,(H,61,67)(H,62,71)/t49-,50+,51-,52-,53+,54+,60-/m1/s1. The van der Waals surface area contributed by atoms with E-state index in [-0.39, 0.29) is 24.5 Å². The quantitative estimate of drug-likeness (QED) is 0.0814. The molecule has 7 atom stereocenters. The minimum Gasteiger partial charge on any atom is -0.491 e. The van der Waals surface area contributed by atoms with Gasteiger partial charge in [0.15, 0.2) is 0 Å². The minimum atomic E-state index is -2.10. The average molecular weight is 1010 g/mol. The van der Waals surface area contributed by atoms with E-state index < -0.39 is 77.3 Å². The van der Waals surface area contributed by atoms with E-state index in [0.29, 0.717) is 54.4 Å². The van der Waals surface area contributed by atoms with Gasteiger partial charge in [0.25, 0.3) is 0 Å². The summed E-state index contributed by atoms with van der Waals surface area (Å²) in [5.74, 6) is 2.17. The topological polar surface area (TPSA) is 176 Å². The lowest BCUT2D eigenvalue weighted by Gasteiger charge is -2.46. The molecule has 0 bridgehead atoms. The van der Waals surface area contributed by atoms with E-state index in [4.69, 9.17) is 18.9 Å². The molecule has 0 unspecified atom stereocenters. The Morgan fingerprint density at radius 2 is 1.53 bits per heavy atom. The van der Waals surface area contributed by atoms with Crippen LogP contribution in [0.4, 0.5) is 21.9 Å². The zero-order valence-corrected chi connectivity index (χ0v) is 42.3. The van der Waals surface area contributed by atoms with E-state index in [2.05, 4.69) is 33.5 Å². The summed E-state index contributed by atoms with van der Waals surface area (Å²) < 4.78 is 23.2. The number of aliphatic hydroxyl groups excluding tert-OH is 1. The van der Waals surface area contributed by atoms with Crippen molar-refractivity contribution in [1.29, 1.82) is 0 Å². The molecule has 10 rings (SSSR count). The Hall–Kier alpha value is -7.77. The molecule has 0 aromatic heterocycles. The number of cyclic esters (lactones) is 1. The van der Waals surface area contributed by atoms with Gasteiger partial charge in [-0.05, 0) is 114 Å². The molecule has 5 aliphatic rings. The van der Waals surface area contributed by atoms with Crippen LogP contribution in [-0.2, 0) is 38.8 Å². The van der Waals surface area contributed by atoms with E-state index in [1.807, 2.05) is 77.7 Å². The first-order valence-corrected chi connectivity index (χ1v) is 25.8. The van der Waals surface area contributed by atoms with Crippen molar-refractivity contribution in [2.45, 2.75) is 75.2 Å². The van der Waals surface area contributed by atoms with Crippen LogP contribution >= 0.6 is 0 Å². The molecule has 3 saturated heterocycles. The van der Waals surface area contributed by atoms with Crippen LogP contribution in [0.2, 0.25) is 0 Å². The number of rotatable bonds is 12. The fourth-order valence-corrected chi connectivity index (χ4v) is 11.6. The van der Waals surface area contributed by atoms with Crippen molar-refractivity contribution in [2.75, 3.05) is 61.7 Å². The Bertz CT molecular complexity index is 3020. The smallest absolute Gasteiger partial charge is 0.329 e. The van der Waals surface area contributed by atoms with Gasteiger partial charge in [-0.3, -0.25) is 19.3 Å². The molecule has 5 aromatic carbocycles. The molecule has 4 aliphatic heterocycles. The highest BCUT2D eigenvalue weighted by molar-refractivity contribution is 6.25. The second-order valence-electron chi connectivity index (χ2n) is 19.8. The molecular formula is C60H61N5O10. The van der Waals surface area contributed by atoms with Gasteiger partial charge in [-0.1, -0.05) is 105 Å². The predicted molar refractivity (Wildman–Crippen MR) is 282 cm³/mol. The third kappa shape index (κ3) is 9.65. The molecule has 386 valence electrons. The Balaban J connectivity index is 1.24. The first kappa shape index (κ1) is 50.7. The van der Waals surface area contributed by atoms with E-state index in [0.717, 1.165) is 47.4 Å². The monoisotopic (exact) mass is 1010 g/mol. The molecule has 3 N–H and O–H groups in total. The van der Waals surface area contributed by atoms with Crippen molar-refractivity contribution in [3.63, 3.8) is 0 Å². The molecule has 15 heteroatoms. The van der Waals surface area contributed by atoms with Crippen LogP contribution < -0.4 is 25.2 Å². The second kappa shape index (κ2) is 22.0. The summed E-state index contributed by atoms with van der Waals surface area (Å²) in [5.41, 5.74) is 3.14. The third-order valence-corrected chi connectivity index (χ3v) is 15.1. The Morgan fingerprint density at radius 3 is 2.19 bits per heavy atom. The molecule has 75 heavy (non-hydrogen) atoms. The van der Waals surface area contributed by atoms with Gasteiger partial charge in [-0.2, -0.15) is 0 Å². The lowest BCUT2D eigenvalue weighted by molar-refractivity contribution is -0.177. The van der Waals surface area contributed by atoms with Gasteiger partial charge in [0.05, 0.1) is 50.6 Å². The van der Waals surface area contributed by atoms with Crippen LogP contribution in [-0.4, -0.2) is 98.5 Å². The van der Waals surface area contributed by atoms with Crippen molar-refractivity contribution in [3.8, 4) is 17.6 Å². The molecular weight excluding hydrogens is 951 g/mol. The first-order valence-electron chi connectivity index (χ1n) is 25.8. The second-order valence-corrected chi connectivity index (χ2v) is 19.8. The van der Waals surface area contributed by atoms with Gasteiger partial charge in [0.2, 0.25) is 11.8 Å². The number of carbonyl (C=O) groups is 5. The minimum absolute atomic E-state index is 0.0247. The van der Waals surface area contributed by atoms with Crippen molar-refractivity contribution < 1.29 is 48.0 Å². The van der Waals surface area contributed by atoms with E-state index in [1.54, 1.807) is 68.4 Å². The molecule has 3 fully saturated rings. The SMILES string of the molecule is COC(=O)[C@@H](NC(=O)N1C(=O)[C@@]2(c3cc(C#CC4=CCCCC4)ccc31)[C@H](c1ccc(OCCO)cc1)N1[C@H](c3ccccc3)[C@H](c3ccccc3)OC(=O)[C@H]1[C@@H]2C(=O)Nc1ccc(N2CCOCC2)cc1)C(C)C. The van der Waals surface area contributed by atoms with Gasteiger partial charge < -0.3 is 39.6 Å². The maximum Gasteiger partial charge on any atom is 0.329 e. The number of hydrogen-bond donors (Lipinski definition) is 3. The number of urea groups is 1. The number of nitrogens with one attached hydrogen (secondary N) is 2. The number of anilines is 3. The molecule has 4 heterocycles. The van der Waals surface area contributed by atoms with Crippen molar-refractivity contribution in [2.24, 2.45) is 11.8 Å². The summed E-state index contributed by atoms with van der Waals surface area (Å²) in [7, 11) is 1.23. The fourth-order valence-electron chi connectivity index (χ4n) is 11.6. The maximum absolute atomic E-state index is 16.8. The lowest BCUT2D eigenvalue weighted by Crippen LogP contribution is -2.57. The number of allylic oxidation sites excluding steroid dienone is 2. The molecule has 0 radical (unpaired) electrons. The van der Waals surface area contributed by atoms with Gasteiger partial charge >= 0.3 is 18.0 Å². The molecule has 15 nitrogen and oxygen atoms in total. The van der Waals surface area contributed by atoms with Crippen LogP contribution in [0.5, 0.6) is 5.75 Å². The third-order valence-electron chi connectivity index (χ3n) is 15.1. The fraction of sp³-hybridized carbons (Fsp3) is 0.350. The zero-order chi connectivity index (χ0) is 52.2. The number of hydrogen-bond acceptors (Lipinski definition) is 12. The van der Waals surface area contributed by atoms with Gasteiger partial charge in [-0.25, -0.2) is 14.5 Å². The number of amides is 4. The number of methoxy groups -OCH3 is 1. The number of carbonyl (C=O) groups excluding carboxylic acids is 5. The highest BCUT2D eigenvalue weighted by Crippen LogP contribution is 2.66. The summed E-state index contributed by atoms with van der Waals surface area (Å²) in [4.78, 5) is 82.3. The van der Waals surface area contributed by atoms with Gasteiger partial charge in [-0.15, -0.1) is 0 Å². The number of benzene rings is 5. The van der Waals surface area contributed by atoms with Crippen molar-refractivity contribution in [3.05, 3.63) is 167 Å². The Morgan fingerprint density at radius 1 is 0.827 bits per heavy atom. The predicted octanol–water partition coefficient (Wildman–Crippen LogP) is 7.96. The lowest BCUT2D eigenvalue weighted by atomic mass is 9.65. The molecule has 0 saturated carbocycles. The number of morpholine rings is 2. The Labute approximate surface area is 436 Å². The number of aliphatic hydroxyl groups is 1. The van der Waals surface area contributed by atoms with Crippen LogP contribution in [0.3, 0.4) is 0 Å². The van der Waals surface area contributed by atoms with E-state index in [9.17, 15) is 9.90 Å². The van der Waals surface area contributed by atoms with Crippen LogP contribution in [0.25, 0.3) is 0 Å². The van der Waals surface area contributed by atoms with Crippen LogP contribution in [0, 0.1) is 23.7 Å². The summed E-state index contributed by atoms with van der Waals surface area (Å²) in [6.45, 7) is 5.87. The maximum atomic E-state index is 16.8. The van der Waals surface area contributed by atoms with Gasteiger partial charge in [0.1, 0.15) is 36.0 Å². The highest BCUT2D eigenvalue weighted by atomic mass is 16.6. The Kier molecular flexibility index (Phi) is 14.9. The van der Waals surface area contributed by atoms with E-state index >= 15 is 19.2 Å². The molecule has 4 amide bonds. The largest absolute Gasteiger partial charge is 0.491 e. The summed E-state index contributed by atoms with van der Waals surface area (Å²) in [5, 5.41) is 15.6.